The topological polar surface area (TPSA) is 33.7 Å². The van der Waals surface area contributed by atoms with Gasteiger partial charge in [-0.15, -0.1) is 0 Å². The molecule has 0 aromatic carbocycles. The van der Waals surface area contributed by atoms with Crippen molar-refractivity contribution in [3.05, 3.63) is 6.04 Å². The molecule has 0 spiro atoms. The van der Waals surface area contributed by atoms with Crippen LogP contribution in [0.1, 0.15) is 19.3 Å². The maximum Gasteiger partial charge on any atom is 0.0862 e. The fraction of sp³-hybridized carbons (Fsp3) is 0.923. The van der Waals surface area contributed by atoms with E-state index in [9.17, 15) is 0 Å². The number of piperidine rings is 1. The van der Waals surface area contributed by atoms with Crippen LogP contribution in [-0.4, -0.2) is 56.0 Å². The standard InChI is InChI=1S/C13H21N2O2/c1-2-12(15-4-3-10(1)5-15)13-8-16-6-11(14-13)7-17-9-13/h10-11,14H,1-9H2. The third-order valence-electron chi connectivity index (χ3n) is 4.82. The molecule has 0 saturated carbocycles. The van der Waals surface area contributed by atoms with Crippen molar-refractivity contribution in [3.8, 4) is 0 Å². The quantitative estimate of drug-likeness (QED) is 0.715. The van der Waals surface area contributed by atoms with Crippen LogP contribution in [0.5, 0.6) is 0 Å². The third-order valence-corrected chi connectivity index (χ3v) is 4.82. The second-order valence-electron chi connectivity index (χ2n) is 6.04. The molecule has 0 amide bonds. The average molecular weight is 237 g/mol. The van der Waals surface area contributed by atoms with Crippen molar-refractivity contribution in [2.45, 2.75) is 30.8 Å². The summed E-state index contributed by atoms with van der Waals surface area (Å²) in [6, 6.07) is 1.96. The Bertz CT molecular complexity index is 300. The lowest BCUT2D eigenvalue weighted by atomic mass is 9.81. The molecular formula is C13H21N2O2. The fourth-order valence-corrected chi connectivity index (χ4v) is 4.00. The van der Waals surface area contributed by atoms with Crippen molar-refractivity contribution in [3.63, 3.8) is 0 Å². The molecule has 4 saturated heterocycles. The summed E-state index contributed by atoms with van der Waals surface area (Å²) in [7, 11) is 0. The highest BCUT2D eigenvalue weighted by Gasteiger charge is 2.51. The van der Waals surface area contributed by atoms with Crippen molar-refractivity contribution in [2.75, 3.05) is 39.5 Å². The fourth-order valence-electron chi connectivity index (χ4n) is 4.00. The molecule has 2 unspecified atom stereocenters. The molecule has 17 heavy (non-hydrogen) atoms. The molecule has 0 aromatic heterocycles. The van der Waals surface area contributed by atoms with Crippen LogP contribution in [0.2, 0.25) is 0 Å². The number of rotatable bonds is 1. The van der Waals surface area contributed by atoms with Crippen molar-refractivity contribution in [2.24, 2.45) is 5.92 Å². The van der Waals surface area contributed by atoms with Gasteiger partial charge in [-0.1, -0.05) is 0 Å². The molecule has 4 bridgehead atoms. The summed E-state index contributed by atoms with van der Waals surface area (Å²) in [6.07, 6.45) is 3.97. The van der Waals surface area contributed by atoms with Gasteiger partial charge in [0.25, 0.3) is 0 Å². The minimum atomic E-state index is -0.00350. The van der Waals surface area contributed by atoms with E-state index in [4.69, 9.17) is 9.47 Å². The average Bonchev–Trinajstić information content (AvgIpc) is 2.71. The van der Waals surface area contributed by atoms with E-state index in [1.807, 2.05) is 0 Å². The van der Waals surface area contributed by atoms with Crippen LogP contribution in [-0.2, 0) is 9.47 Å². The predicted octanol–water partition coefficient (Wildman–Crippen LogP) is 0.391. The molecule has 4 rings (SSSR count). The lowest BCUT2D eigenvalue weighted by Crippen LogP contribution is -2.71. The number of hydrogen-bond donors (Lipinski definition) is 1. The zero-order valence-corrected chi connectivity index (χ0v) is 10.3. The van der Waals surface area contributed by atoms with Crippen LogP contribution in [0.15, 0.2) is 0 Å². The number of hydrogen-bond acceptors (Lipinski definition) is 4. The first kappa shape index (κ1) is 10.7. The molecular weight excluding hydrogens is 216 g/mol. The van der Waals surface area contributed by atoms with Crippen molar-refractivity contribution >= 4 is 0 Å². The third kappa shape index (κ3) is 1.65. The van der Waals surface area contributed by atoms with E-state index >= 15 is 0 Å². The second kappa shape index (κ2) is 3.92. The molecule has 1 N–H and O–H groups in total. The molecule has 95 valence electrons. The van der Waals surface area contributed by atoms with Gasteiger partial charge in [-0.25, -0.2) is 0 Å². The Morgan fingerprint density at radius 3 is 2.82 bits per heavy atom. The van der Waals surface area contributed by atoms with E-state index in [0.29, 0.717) is 6.04 Å². The molecule has 4 aliphatic rings. The van der Waals surface area contributed by atoms with Gasteiger partial charge in [0.1, 0.15) is 0 Å². The van der Waals surface area contributed by atoms with Gasteiger partial charge < -0.3 is 9.47 Å². The largest absolute Gasteiger partial charge is 0.378 e. The van der Waals surface area contributed by atoms with E-state index in [1.54, 1.807) is 6.04 Å². The Hall–Kier alpha value is -0.160. The van der Waals surface area contributed by atoms with E-state index in [-0.39, 0.29) is 5.54 Å². The highest BCUT2D eigenvalue weighted by Crippen LogP contribution is 2.42. The summed E-state index contributed by atoms with van der Waals surface area (Å²) in [4.78, 5) is 2.60. The molecule has 4 heterocycles. The van der Waals surface area contributed by atoms with Crippen molar-refractivity contribution in [1.29, 1.82) is 0 Å². The first-order valence-corrected chi connectivity index (χ1v) is 6.90. The lowest BCUT2D eigenvalue weighted by Gasteiger charge is -2.52. The van der Waals surface area contributed by atoms with E-state index in [0.717, 1.165) is 32.3 Å². The van der Waals surface area contributed by atoms with Crippen LogP contribution in [0.25, 0.3) is 0 Å². The van der Waals surface area contributed by atoms with E-state index in [2.05, 4.69) is 10.2 Å². The highest BCUT2D eigenvalue weighted by atomic mass is 16.5. The lowest BCUT2D eigenvalue weighted by molar-refractivity contribution is -0.109. The summed E-state index contributed by atoms with van der Waals surface area (Å²) in [5.41, 5.74) is -0.00350. The number of fused-ring (bicyclic) bond motifs is 4. The Morgan fingerprint density at radius 2 is 2.00 bits per heavy atom. The summed E-state index contributed by atoms with van der Waals surface area (Å²) in [6.45, 7) is 5.70. The molecule has 0 aromatic rings. The van der Waals surface area contributed by atoms with Crippen LogP contribution < -0.4 is 5.32 Å². The van der Waals surface area contributed by atoms with Crippen LogP contribution in [0, 0.1) is 12.0 Å². The van der Waals surface area contributed by atoms with Gasteiger partial charge in [0.15, 0.2) is 0 Å². The number of nitrogens with one attached hydrogen (secondary N) is 1. The zero-order chi connectivity index (χ0) is 11.3. The summed E-state index contributed by atoms with van der Waals surface area (Å²) in [5.74, 6) is 0.944. The summed E-state index contributed by atoms with van der Waals surface area (Å²) < 4.78 is 11.6. The number of ether oxygens (including phenoxy) is 2. The normalized spacial score (nSPS) is 50.5. The Labute approximate surface area is 103 Å². The van der Waals surface area contributed by atoms with Crippen molar-refractivity contribution < 1.29 is 9.47 Å². The summed E-state index contributed by atoms with van der Waals surface area (Å²) in [5, 5.41) is 3.79. The van der Waals surface area contributed by atoms with Crippen LogP contribution in [0.4, 0.5) is 0 Å². The minimum absolute atomic E-state index is 0.00350. The van der Waals surface area contributed by atoms with Gasteiger partial charge in [0, 0.05) is 6.54 Å². The SMILES string of the molecule is C1CC2CCN(C2)[C]1C12COCC(COC1)N2. The van der Waals surface area contributed by atoms with Gasteiger partial charge in [-0.2, -0.15) is 0 Å². The predicted molar refractivity (Wildman–Crippen MR) is 63.4 cm³/mol. The second-order valence-corrected chi connectivity index (χ2v) is 6.04. The maximum atomic E-state index is 5.81. The van der Waals surface area contributed by atoms with Crippen LogP contribution in [0.3, 0.4) is 0 Å². The smallest absolute Gasteiger partial charge is 0.0862 e. The Morgan fingerprint density at radius 1 is 1.18 bits per heavy atom. The van der Waals surface area contributed by atoms with Gasteiger partial charge in [-0.3, -0.25) is 10.2 Å². The Balaban J connectivity index is 1.59. The van der Waals surface area contributed by atoms with Gasteiger partial charge in [0.05, 0.1) is 44.1 Å². The van der Waals surface area contributed by atoms with Gasteiger partial charge >= 0.3 is 0 Å². The monoisotopic (exact) mass is 237 g/mol. The van der Waals surface area contributed by atoms with E-state index < -0.39 is 0 Å². The Kier molecular flexibility index (Phi) is 2.47. The first-order chi connectivity index (χ1) is 8.36. The number of nitrogens with zero attached hydrogens (tertiary/aromatic N) is 1. The molecule has 2 atom stereocenters. The first-order valence-electron chi connectivity index (χ1n) is 6.90. The summed E-state index contributed by atoms with van der Waals surface area (Å²) >= 11 is 0. The molecule has 4 heteroatoms. The molecule has 4 aliphatic heterocycles. The minimum Gasteiger partial charge on any atom is -0.378 e. The maximum absolute atomic E-state index is 5.81. The van der Waals surface area contributed by atoms with E-state index in [1.165, 1.54) is 32.4 Å². The molecule has 4 nitrogen and oxygen atoms in total. The molecule has 0 aliphatic carbocycles. The number of morpholine rings is 2. The van der Waals surface area contributed by atoms with Gasteiger partial charge in [0.2, 0.25) is 0 Å². The zero-order valence-electron chi connectivity index (χ0n) is 10.3. The van der Waals surface area contributed by atoms with Crippen molar-refractivity contribution in [1.82, 2.24) is 10.2 Å². The highest BCUT2D eigenvalue weighted by molar-refractivity contribution is 5.19. The van der Waals surface area contributed by atoms with Gasteiger partial charge in [-0.05, 0) is 31.7 Å². The molecule has 1 radical (unpaired) electrons. The van der Waals surface area contributed by atoms with Crippen LogP contribution >= 0.6 is 0 Å². The molecule has 4 fully saturated rings.